The molecule has 0 aliphatic carbocycles. The summed E-state index contributed by atoms with van der Waals surface area (Å²) in [4.78, 5) is 50.4. The lowest BCUT2D eigenvalue weighted by Gasteiger charge is -2.28. The summed E-state index contributed by atoms with van der Waals surface area (Å²) >= 11 is 0. The second kappa shape index (κ2) is 8.61. The smallest absolute Gasteiger partial charge is 0.262 e. The number of rotatable bonds is 6. The SMILES string of the molecule is O=C1CCC(N2C(=O)c3cccc(CNCC(F)C4CCNCC4)c3C2=O)C(=O)N1. The highest BCUT2D eigenvalue weighted by molar-refractivity contribution is 6.24. The van der Waals surface area contributed by atoms with Gasteiger partial charge in [-0.25, -0.2) is 4.39 Å². The molecule has 160 valence electrons. The molecule has 2 fully saturated rings. The van der Waals surface area contributed by atoms with Crippen LogP contribution in [0.1, 0.15) is 52.0 Å². The summed E-state index contributed by atoms with van der Waals surface area (Å²) in [5.41, 5.74) is 1.08. The monoisotopic (exact) mass is 416 g/mol. The number of fused-ring (bicyclic) bond motifs is 1. The van der Waals surface area contributed by atoms with E-state index in [-0.39, 0.29) is 43.0 Å². The summed E-state index contributed by atoms with van der Waals surface area (Å²) in [6, 6.07) is 3.96. The van der Waals surface area contributed by atoms with Gasteiger partial charge in [0, 0.05) is 19.5 Å². The van der Waals surface area contributed by atoms with Crippen LogP contribution in [0, 0.1) is 5.92 Å². The van der Waals surface area contributed by atoms with E-state index < -0.39 is 35.8 Å². The maximum Gasteiger partial charge on any atom is 0.262 e. The molecule has 1 aromatic carbocycles. The van der Waals surface area contributed by atoms with Gasteiger partial charge in [0.15, 0.2) is 0 Å². The molecule has 0 aromatic heterocycles. The van der Waals surface area contributed by atoms with Crippen molar-refractivity contribution in [2.75, 3.05) is 19.6 Å². The summed E-state index contributed by atoms with van der Waals surface area (Å²) in [7, 11) is 0. The summed E-state index contributed by atoms with van der Waals surface area (Å²) < 4.78 is 14.5. The van der Waals surface area contributed by atoms with Gasteiger partial charge in [0.2, 0.25) is 11.8 Å². The zero-order chi connectivity index (χ0) is 21.3. The highest BCUT2D eigenvalue weighted by atomic mass is 19.1. The third-order valence-corrected chi connectivity index (χ3v) is 6.10. The standard InChI is InChI=1S/C21H25FN4O4/c22-15(12-6-8-23-9-7-12)11-24-10-13-2-1-3-14-18(13)21(30)26(20(14)29)16-4-5-17(27)25-19(16)28/h1-3,12,15-16,23-24H,4-11H2,(H,25,27,28). The molecule has 4 amide bonds. The first-order valence-electron chi connectivity index (χ1n) is 10.4. The van der Waals surface area contributed by atoms with Gasteiger partial charge in [0.05, 0.1) is 11.1 Å². The quantitative estimate of drug-likeness (QED) is 0.584. The number of amides is 4. The number of nitrogens with one attached hydrogen (secondary N) is 3. The zero-order valence-corrected chi connectivity index (χ0v) is 16.6. The number of piperidine rings is 2. The number of halogens is 1. The molecule has 30 heavy (non-hydrogen) atoms. The van der Waals surface area contributed by atoms with Crippen LogP contribution in [-0.2, 0) is 16.1 Å². The Bertz CT molecular complexity index is 884. The summed E-state index contributed by atoms with van der Waals surface area (Å²) in [6.07, 6.45) is 0.826. The number of nitrogens with zero attached hydrogens (tertiary/aromatic N) is 1. The Morgan fingerprint density at radius 1 is 1.10 bits per heavy atom. The Morgan fingerprint density at radius 2 is 1.87 bits per heavy atom. The Balaban J connectivity index is 1.45. The Hall–Kier alpha value is -2.65. The van der Waals surface area contributed by atoms with Gasteiger partial charge in [0.25, 0.3) is 11.8 Å². The number of carbonyl (C=O) groups is 4. The highest BCUT2D eigenvalue weighted by Crippen LogP contribution is 2.30. The minimum atomic E-state index is -0.994. The topological polar surface area (TPSA) is 108 Å². The van der Waals surface area contributed by atoms with Crippen LogP contribution < -0.4 is 16.0 Å². The molecule has 9 heteroatoms. The van der Waals surface area contributed by atoms with Crippen molar-refractivity contribution in [3.8, 4) is 0 Å². The van der Waals surface area contributed by atoms with E-state index in [1.165, 1.54) is 0 Å². The van der Waals surface area contributed by atoms with E-state index in [0.29, 0.717) is 5.56 Å². The predicted octanol–water partition coefficient (Wildman–Crippen LogP) is 0.515. The van der Waals surface area contributed by atoms with Crippen LogP contribution in [0.3, 0.4) is 0 Å². The number of imide groups is 2. The second-order valence-electron chi connectivity index (χ2n) is 8.02. The summed E-state index contributed by atoms with van der Waals surface area (Å²) in [5, 5.41) is 8.47. The van der Waals surface area contributed by atoms with Crippen molar-refractivity contribution in [3.63, 3.8) is 0 Å². The van der Waals surface area contributed by atoms with Gasteiger partial charge in [-0.3, -0.25) is 29.4 Å². The van der Waals surface area contributed by atoms with Gasteiger partial charge in [0.1, 0.15) is 12.2 Å². The third-order valence-electron chi connectivity index (χ3n) is 6.10. The van der Waals surface area contributed by atoms with Gasteiger partial charge >= 0.3 is 0 Å². The molecule has 2 unspecified atom stereocenters. The van der Waals surface area contributed by atoms with Crippen LogP contribution in [0.2, 0.25) is 0 Å². The lowest BCUT2D eigenvalue weighted by Crippen LogP contribution is -2.54. The van der Waals surface area contributed by atoms with E-state index in [0.717, 1.165) is 30.8 Å². The first-order chi connectivity index (χ1) is 14.5. The molecule has 4 rings (SSSR count). The number of alkyl halides is 1. The van der Waals surface area contributed by atoms with Crippen LogP contribution >= 0.6 is 0 Å². The molecule has 3 N–H and O–H groups in total. The van der Waals surface area contributed by atoms with E-state index in [1.807, 2.05) is 0 Å². The number of hydrogen-bond acceptors (Lipinski definition) is 6. The number of carbonyl (C=O) groups excluding carboxylic acids is 4. The molecule has 3 aliphatic rings. The maximum atomic E-state index is 14.5. The third kappa shape index (κ3) is 3.87. The van der Waals surface area contributed by atoms with Gasteiger partial charge in [-0.2, -0.15) is 0 Å². The van der Waals surface area contributed by atoms with Crippen molar-refractivity contribution < 1.29 is 23.6 Å². The van der Waals surface area contributed by atoms with Crippen LogP contribution in [-0.4, -0.2) is 60.4 Å². The van der Waals surface area contributed by atoms with E-state index in [1.54, 1.807) is 18.2 Å². The van der Waals surface area contributed by atoms with Crippen molar-refractivity contribution in [2.45, 2.75) is 44.4 Å². The average Bonchev–Trinajstić information content (AvgIpc) is 3.00. The van der Waals surface area contributed by atoms with Crippen LogP contribution in [0.15, 0.2) is 18.2 Å². The van der Waals surface area contributed by atoms with Crippen LogP contribution in [0.25, 0.3) is 0 Å². The molecule has 2 atom stereocenters. The predicted molar refractivity (Wildman–Crippen MR) is 105 cm³/mol. The first-order valence-corrected chi connectivity index (χ1v) is 10.4. The van der Waals surface area contributed by atoms with Gasteiger partial charge in [-0.15, -0.1) is 0 Å². The molecule has 8 nitrogen and oxygen atoms in total. The lowest BCUT2D eigenvalue weighted by atomic mass is 9.93. The molecular weight excluding hydrogens is 391 g/mol. The molecule has 3 aliphatic heterocycles. The highest BCUT2D eigenvalue weighted by Gasteiger charge is 2.45. The average molecular weight is 416 g/mol. The molecule has 1 aromatic rings. The normalized spacial score (nSPS) is 23.5. The van der Waals surface area contributed by atoms with Gasteiger partial charge in [-0.05, 0) is 49.9 Å². The van der Waals surface area contributed by atoms with E-state index >= 15 is 0 Å². The minimum Gasteiger partial charge on any atom is -0.317 e. The van der Waals surface area contributed by atoms with Crippen molar-refractivity contribution in [1.82, 2.24) is 20.9 Å². The molecule has 2 saturated heterocycles. The molecule has 0 radical (unpaired) electrons. The number of hydrogen-bond donors (Lipinski definition) is 3. The Kier molecular flexibility index (Phi) is 5.92. The summed E-state index contributed by atoms with van der Waals surface area (Å²) in [6.45, 7) is 2.07. The van der Waals surface area contributed by atoms with Crippen molar-refractivity contribution in [1.29, 1.82) is 0 Å². The largest absolute Gasteiger partial charge is 0.317 e. The van der Waals surface area contributed by atoms with Crippen LogP contribution in [0.5, 0.6) is 0 Å². The fourth-order valence-electron chi connectivity index (χ4n) is 4.45. The maximum absolute atomic E-state index is 14.5. The lowest BCUT2D eigenvalue weighted by molar-refractivity contribution is -0.136. The fraction of sp³-hybridized carbons (Fsp3) is 0.524. The van der Waals surface area contributed by atoms with E-state index in [9.17, 15) is 23.6 Å². The van der Waals surface area contributed by atoms with E-state index in [2.05, 4.69) is 16.0 Å². The Morgan fingerprint density at radius 3 is 2.60 bits per heavy atom. The van der Waals surface area contributed by atoms with Crippen molar-refractivity contribution in [3.05, 3.63) is 34.9 Å². The first kappa shape index (κ1) is 20.6. The molecular formula is C21H25FN4O4. The zero-order valence-electron chi connectivity index (χ0n) is 16.6. The molecule has 0 spiro atoms. The summed E-state index contributed by atoms with van der Waals surface area (Å²) in [5.74, 6) is -2.11. The van der Waals surface area contributed by atoms with Gasteiger partial charge < -0.3 is 10.6 Å². The fourth-order valence-corrected chi connectivity index (χ4v) is 4.45. The molecule has 3 heterocycles. The Labute approximate surface area is 173 Å². The van der Waals surface area contributed by atoms with Crippen molar-refractivity contribution >= 4 is 23.6 Å². The van der Waals surface area contributed by atoms with Crippen LogP contribution in [0.4, 0.5) is 4.39 Å². The molecule has 0 saturated carbocycles. The molecule has 0 bridgehead atoms. The van der Waals surface area contributed by atoms with Gasteiger partial charge in [-0.1, -0.05) is 12.1 Å². The number of benzene rings is 1. The minimum absolute atomic E-state index is 0.0199. The second-order valence-corrected chi connectivity index (χ2v) is 8.02. The van der Waals surface area contributed by atoms with Crippen molar-refractivity contribution in [2.24, 2.45) is 5.92 Å². The van der Waals surface area contributed by atoms with E-state index in [4.69, 9.17) is 0 Å².